The molecule has 0 aliphatic carbocycles. The Balaban J connectivity index is 2.11. The molecule has 2 aromatic rings. The summed E-state index contributed by atoms with van der Waals surface area (Å²) in [5, 5.41) is 3.91. The molecule has 84 valence electrons. The molecule has 5 nitrogen and oxygen atoms in total. The minimum atomic E-state index is -0.0733. The van der Waals surface area contributed by atoms with Crippen LogP contribution in [0.3, 0.4) is 0 Å². The molecule has 0 atom stereocenters. The van der Waals surface area contributed by atoms with Gasteiger partial charge in [-0.25, -0.2) is 4.98 Å². The smallest absolute Gasteiger partial charge is 0.205 e. The van der Waals surface area contributed by atoms with Gasteiger partial charge in [0.1, 0.15) is 17.9 Å². The van der Waals surface area contributed by atoms with Crippen molar-refractivity contribution >= 4 is 5.78 Å². The Hall–Kier alpha value is -1.91. The highest BCUT2D eigenvalue weighted by atomic mass is 16.3. The van der Waals surface area contributed by atoms with Gasteiger partial charge in [-0.15, -0.1) is 0 Å². The van der Waals surface area contributed by atoms with Crippen LogP contribution in [0.4, 0.5) is 0 Å². The molecule has 0 radical (unpaired) electrons. The second-order valence-electron chi connectivity index (χ2n) is 3.52. The van der Waals surface area contributed by atoms with E-state index < -0.39 is 0 Å². The number of nitrogens with zero attached hydrogens (tertiary/aromatic N) is 3. The van der Waals surface area contributed by atoms with Gasteiger partial charge in [-0.2, -0.15) is 5.10 Å². The highest BCUT2D eigenvalue weighted by Gasteiger charge is 2.14. The van der Waals surface area contributed by atoms with Gasteiger partial charge in [0, 0.05) is 13.5 Å². The van der Waals surface area contributed by atoms with Gasteiger partial charge in [-0.1, -0.05) is 6.92 Å². The fourth-order valence-corrected chi connectivity index (χ4v) is 1.43. The van der Waals surface area contributed by atoms with Crippen molar-refractivity contribution in [3.05, 3.63) is 35.8 Å². The Morgan fingerprint density at radius 1 is 1.50 bits per heavy atom. The molecular formula is C11H13N3O2. The minimum absolute atomic E-state index is 0.0733. The average molecular weight is 219 g/mol. The lowest BCUT2D eigenvalue weighted by molar-refractivity contribution is 0.0961. The predicted octanol–water partition coefficient (Wildman–Crippen LogP) is 1.40. The molecule has 0 N–H and O–H groups in total. The molecule has 0 amide bonds. The monoisotopic (exact) mass is 219 g/mol. The van der Waals surface area contributed by atoms with Crippen LogP contribution in [0.2, 0.25) is 0 Å². The molecule has 0 aromatic carbocycles. The number of furan rings is 1. The van der Waals surface area contributed by atoms with E-state index in [-0.39, 0.29) is 12.2 Å². The number of carbonyl (C=O) groups is 1. The van der Waals surface area contributed by atoms with Crippen LogP contribution >= 0.6 is 0 Å². The topological polar surface area (TPSA) is 60.9 Å². The molecular weight excluding hydrogens is 206 g/mol. The van der Waals surface area contributed by atoms with Crippen molar-refractivity contribution in [1.82, 2.24) is 14.8 Å². The lowest BCUT2D eigenvalue weighted by Gasteiger charge is -1.97. The van der Waals surface area contributed by atoms with E-state index in [4.69, 9.17) is 4.42 Å². The van der Waals surface area contributed by atoms with Crippen LogP contribution in [0.15, 0.2) is 22.9 Å². The Bertz CT molecular complexity index is 499. The summed E-state index contributed by atoms with van der Waals surface area (Å²) in [6, 6.07) is 3.53. The van der Waals surface area contributed by atoms with Crippen LogP contribution < -0.4 is 0 Å². The number of aromatic nitrogens is 3. The van der Waals surface area contributed by atoms with Gasteiger partial charge in [0.15, 0.2) is 5.76 Å². The number of aryl methyl sites for hydroxylation is 2. The first-order valence-electron chi connectivity index (χ1n) is 5.15. The molecule has 0 unspecified atom stereocenters. The van der Waals surface area contributed by atoms with Crippen molar-refractivity contribution in [2.45, 2.75) is 19.8 Å². The molecule has 2 aromatic heterocycles. The zero-order valence-corrected chi connectivity index (χ0v) is 9.30. The average Bonchev–Trinajstić information content (AvgIpc) is 2.88. The van der Waals surface area contributed by atoms with Gasteiger partial charge in [0.2, 0.25) is 5.78 Å². The van der Waals surface area contributed by atoms with Gasteiger partial charge >= 0.3 is 0 Å². The van der Waals surface area contributed by atoms with Crippen LogP contribution in [0.5, 0.6) is 0 Å². The van der Waals surface area contributed by atoms with Gasteiger partial charge in [-0.05, 0) is 12.1 Å². The van der Waals surface area contributed by atoms with Crippen LogP contribution in [-0.4, -0.2) is 20.5 Å². The molecule has 2 heterocycles. The Kier molecular flexibility index (Phi) is 2.85. The van der Waals surface area contributed by atoms with Crippen molar-refractivity contribution in [2.24, 2.45) is 7.05 Å². The molecule has 5 heteroatoms. The molecule has 0 bridgehead atoms. The van der Waals surface area contributed by atoms with E-state index >= 15 is 0 Å². The second-order valence-corrected chi connectivity index (χ2v) is 3.52. The lowest BCUT2D eigenvalue weighted by Crippen LogP contribution is -2.08. The third-order valence-electron chi connectivity index (χ3n) is 2.41. The fraction of sp³-hybridized carbons (Fsp3) is 0.364. The van der Waals surface area contributed by atoms with Gasteiger partial charge in [0.05, 0.1) is 6.42 Å². The van der Waals surface area contributed by atoms with E-state index in [0.29, 0.717) is 11.6 Å². The fourth-order valence-electron chi connectivity index (χ4n) is 1.43. The van der Waals surface area contributed by atoms with Crippen molar-refractivity contribution < 1.29 is 9.21 Å². The molecule has 2 rings (SSSR count). The summed E-state index contributed by atoms with van der Waals surface area (Å²) in [6.07, 6.45) is 2.44. The molecule has 0 aliphatic heterocycles. The highest BCUT2D eigenvalue weighted by molar-refractivity contribution is 5.94. The minimum Gasteiger partial charge on any atom is -0.458 e. The van der Waals surface area contributed by atoms with E-state index in [1.54, 1.807) is 17.8 Å². The van der Waals surface area contributed by atoms with E-state index in [1.165, 1.54) is 6.33 Å². The summed E-state index contributed by atoms with van der Waals surface area (Å²) in [4.78, 5) is 15.8. The largest absolute Gasteiger partial charge is 0.458 e. The number of rotatable bonds is 4. The highest BCUT2D eigenvalue weighted by Crippen LogP contribution is 2.11. The Labute approximate surface area is 93.1 Å². The number of carbonyl (C=O) groups excluding carboxylic acids is 1. The first-order chi connectivity index (χ1) is 7.70. The number of hydrogen-bond acceptors (Lipinski definition) is 4. The van der Waals surface area contributed by atoms with E-state index in [2.05, 4.69) is 10.1 Å². The summed E-state index contributed by atoms with van der Waals surface area (Å²) >= 11 is 0. The second kappa shape index (κ2) is 4.30. The number of hydrogen-bond donors (Lipinski definition) is 0. The zero-order chi connectivity index (χ0) is 11.5. The summed E-state index contributed by atoms with van der Waals surface area (Å²) < 4.78 is 6.96. The predicted molar refractivity (Wildman–Crippen MR) is 57.1 cm³/mol. The molecule has 0 spiro atoms. The molecule has 16 heavy (non-hydrogen) atoms. The van der Waals surface area contributed by atoms with Gasteiger partial charge in [-0.3, -0.25) is 9.48 Å². The Morgan fingerprint density at radius 3 is 2.88 bits per heavy atom. The van der Waals surface area contributed by atoms with Crippen LogP contribution in [0.1, 0.15) is 29.1 Å². The van der Waals surface area contributed by atoms with Crippen molar-refractivity contribution in [3.8, 4) is 0 Å². The zero-order valence-electron chi connectivity index (χ0n) is 9.30. The molecule has 0 aliphatic rings. The Morgan fingerprint density at radius 2 is 2.31 bits per heavy atom. The van der Waals surface area contributed by atoms with E-state index in [1.807, 2.05) is 13.0 Å². The van der Waals surface area contributed by atoms with Gasteiger partial charge in [0.25, 0.3) is 0 Å². The lowest BCUT2D eigenvalue weighted by atomic mass is 10.2. The molecule has 0 saturated heterocycles. The van der Waals surface area contributed by atoms with Crippen molar-refractivity contribution in [2.75, 3.05) is 0 Å². The SMILES string of the molecule is CCc1ccc(C(=O)Cc2ncnn2C)o1. The molecule has 0 saturated carbocycles. The quantitative estimate of drug-likeness (QED) is 0.729. The summed E-state index contributed by atoms with van der Waals surface area (Å²) in [5.41, 5.74) is 0. The standard InChI is InChI=1S/C11H13N3O2/c1-3-8-4-5-10(16-8)9(15)6-11-12-7-13-14(11)2/h4-5,7H,3,6H2,1-2H3. The van der Waals surface area contributed by atoms with E-state index in [9.17, 15) is 4.79 Å². The summed E-state index contributed by atoms with van der Waals surface area (Å²) in [7, 11) is 1.76. The maximum absolute atomic E-state index is 11.8. The third kappa shape index (κ3) is 2.03. The number of ketones is 1. The third-order valence-corrected chi connectivity index (χ3v) is 2.41. The van der Waals surface area contributed by atoms with Crippen LogP contribution in [0.25, 0.3) is 0 Å². The van der Waals surface area contributed by atoms with Crippen molar-refractivity contribution in [3.63, 3.8) is 0 Å². The molecule has 0 fully saturated rings. The summed E-state index contributed by atoms with van der Waals surface area (Å²) in [5.74, 6) is 1.77. The van der Waals surface area contributed by atoms with E-state index in [0.717, 1.165) is 12.2 Å². The normalized spacial score (nSPS) is 10.6. The first-order valence-corrected chi connectivity index (χ1v) is 5.15. The first kappa shape index (κ1) is 10.6. The maximum atomic E-state index is 11.8. The maximum Gasteiger partial charge on any atom is 0.205 e. The number of Topliss-reactive ketones (excluding diaryl/α,β-unsaturated/α-hetero) is 1. The summed E-state index contributed by atoms with van der Waals surface area (Å²) in [6.45, 7) is 1.98. The van der Waals surface area contributed by atoms with Gasteiger partial charge < -0.3 is 4.42 Å². The van der Waals surface area contributed by atoms with Crippen LogP contribution in [0, 0.1) is 0 Å². The van der Waals surface area contributed by atoms with Crippen LogP contribution in [-0.2, 0) is 19.9 Å². The van der Waals surface area contributed by atoms with Crippen molar-refractivity contribution in [1.29, 1.82) is 0 Å².